The van der Waals surface area contributed by atoms with Crippen molar-refractivity contribution in [2.75, 3.05) is 20.1 Å². The van der Waals surface area contributed by atoms with Crippen LogP contribution in [0.25, 0.3) is 0 Å². The zero-order chi connectivity index (χ0) is 21.0. The monoisotopic (exact) mass is 405 g/mol. The SMILES string of the molecule is CNC(=O)[C@]1(c2ccccn2)CCCN(C(=O)C2(c3ccccc3)CCCCC2)C1. The fourth-order valence-electron chi connectivity index (χ4n) is 5.47. The van der Waals surface area contributed by atoms with Crippen LogP contribution < -0.4 is 5.32 Å². The second-order valence-corrected chi connectivity index (χ2v) is 8.72. The van der Waals surface area contributed by atoms with Gasteiger partial charge in [-0.3, -0.25) is 14.6 Å². The zero-order valence-electron chi connectivity index (χ0n) is 17.8. The van der Waals surface area contributed by atoms with Crippen LogP contribution in [0.15, 0.2) is 54.7 Å². The molecule has 158 valence electrons. The minimum atomic E-state index is -0.795. The topological polar surface area (TPSA) is 62.3 Å². The Balaban J connectivity index is 1.70. The van der Waals surface area contributed by atoms with Gasteiger partial charge in [0.15, 0.2) is 0 Å². The molecule has 1 saturated carbocycles. The van der Waals surface area contributed by atoms with E-state index >= 15 is 0 Å². The van der Waals surface area contributed by atoms with Gasteiger partial charge in [0, 0.05) is 26.3 Å². The highest BCUT2D eigenvalue weighted by Crippen LogP contribution is 2.43. The van der Waals surface area contributed by atoms with Gasteiger partial charge >= 0.3 is 0 Å². The smallest absolute Gasteiger partial charge is 0.233 e. The Morgan fingerprint density at radius 2 is 1.60 bits per heavy atom. The zero-order valence-corrected chi connectivity index (χ0v) is 17.8. The van der Waals surface area contributed by atoms with Gasteiger partial charge in [-0.25, -0.2) is 0 Å². The molecule has 5 heteroatoms. The molecule has 1 aliphatic carbocycles. The molecule has 5 nitrogen and oxygen atoms in total. The number of nitrogens with one attached hydrogen (secondary N) is 1. The van der Waals surface area contributed by atoms with E-state index in [1.54, 1.807) is 13.2 Å². The van der Waals surface area contributed by atoms with Gasteiger partial charge in [0.25, 0.3) is 0 Å². The van der Waals surface area contributed by atoms with Crippen molar-refractivity contribution >= 4 is 11.8 Å². The lowest BCUT2D eigenvalue weighted by atomic mass is 9.67. The number of rotatable bonds is 4. The third kappa shape index (κ3) is 3.51. The number of piperidine rings is 1. The molecule has 30 heavy (non-hydrogen) atoms. The minimum absolute atomic E-state index is 0.0592. The van der Waals surface area contributed by atoms with E-state index in [9.17, 15) is 9.59 Å². The van der Waals surface area contributed by atoms with Gasteiger partial charge in [-0.1, -0.05) is 55.7 Å². The number of aromatic nitrogens is 1. The van der Waals surface area contributed by atoms with E-state index in [0.717, 1.165) is 43.4 Å². The van der Waals surface area contributed by atoms with Gasteiger partial charge in [-0.15, -0.1) is 0 Å². The van der Waals surface area contributed by atoms with Gasteiger partial charge in [-0.05, 0) is 43.4 Å². The first-order valence-corrected chi connectivity index (χ1v) is 11.1. The fourth-order valence-corrected chi connectivity index (χ4v) is 5.47. The second kappa shape index (κ2) is 8.58. The molecule has 1 N–H and O–H groups in total. The third-order valence-electron chi connectivity index (χ3n) is 7.04. The Morgan fingerprint density at radius 3 is 2.27 bits per heavy atom. The maximum atomic E-state index is 14.1. The van der Waals surface area contributed by atoms with E-state index in [0.29, 0.717) is 19.5 Å². The molecule has 0 unspecified atom stereocenters. The van der Waals surface area contributed by atoms with Crippen molar-refractivity contribution in [1.82, 2.24) is 15.2 Å². The van der Waals surface area contributed by atoms with Crippen molar-refractivity contribution in [1.29, 1.82) is 0 Å². The summed E-state index contributed by atoms with van der Waals surface area (Å²) in [6, 6.07) is 15.9. The summed E-state index contributed by atoms with van der Waals surface area (Å²) in [5.41, 5.74) is 0.592. The molecule has 1 aliphatic heterocycles. The first kappa shape index (κ1) is 20.6. The number of benzene rings is 1. The van der Waals surface area contributed by atoms with Crippen molar-refractivity contribution in [2.24, 2.45) is 0 Å². The minimum Gasteiger partial charge on any atom is -0.358 e. The van der Waals surface area contributed by atoms with Crippen LogP contribution in [0.3, 0.4) is 0 Å². The normalized spacial score (nSPS) is 23.6. The number of likely N-dealkylation sites (N-methyl/N-ethyl adjacent to an activating group) is 1. The molecule has 2 amide bonds. The Kier molecular flexibility index (Phi) is 5.89. The van der Waals surface area contributed by atoms with Gasteiger partial charge < -0.3 is 10.2 Å². The van der Waals surface area contributed by atoms with Gasteiger partial charge in [-0.2, -0.15) is 0 Å². The summed E-state index contributed by atoms with van der Waals surface area (Å²) >= 11 is 0. The molecule has 0 spiro atoms. The van der Waals surface area contributed by atoms with Crippen LogP contribution in [-0.2, 0) is 20.4 Å². The van der Waals surface area contributed by atoms with Crippen molar-refractivity contribution in [2.45, 2.75) is 55.8 Å². The highest BCUT2D eigenvalue weighted by atomic mass is 16.2. The Bertz CT molecular complexity index is 878. The van der Waals surface area contributed by atoms with Crippen LogP contribution in [0.5, 0.6) is 0 Å². The standard InChI is InChI=1S/C25H31N3O2/c1-26-22(29)25(21-13-6-9-17-27-21)16-10-18-28(19-25)23(30)24(14-7-3-8-15-24)20-11-4-2-5-12-20/h2,4-6,9,11-13,17H,3,7-8,10,14-16,18-19H2,1H3,(H,26,29)/t25-/m1/s1. The highest BCUT2D eigenvalue weighted by molar-refractivity contribution is 5.92. The molecular weight excluding hydrogens is 374 g/mol. The highest BCUT2D eigenvalue weighted by Gasteiger charge is 2.50. The number of amides is 2. The Hall–Kier alpha value is -2.69. The molecule has 1 aromatic heterocycles. The predicted molar refractivity (Wildman–Crippen MR) is 117 cm³/mol. The molecule has 2 heterocycles. The van der Waals surface area contributed by atoms with Crippen LogP contribution in [-0.4, -0.2) is 41.8 Å². The van der Waals surface area contributed by atoms with Crippen molar-refractivity contribution in [3.8, 4) is 0 Å². The van der Waals surface area contributed by atoms with Crippen molar-refractivity contribution in [3.63, 3.8) is 0 Å². The number of pyridine rings is 1. The van der Waals surface area contributed by atoms with Crippen LogP contribution in [0.2, 0.25) is 0 Å². The summed E-state index contributed by atoms with van der Waals surface area (Å²) in [5, 5.41) is 2.84. The van der Waals surface area contributed by atoms with E-state index in [4.69, 9.17) is 0 Å². The molecular formula is C25H31N3O2. The summed E-state index contributed by atoms with van der Waals surface area (Å²) in [5.74, 6) is 0.119. The predicted octanol–water partition coefficient (Wildman–Crippen LogP) is 3.59. The number of nitrogens with zero attached hydrogens (tertiary/aromatic N) is 2. The Morgan fingerprint density at radius 1 is 0.900 bits per heavy atom. The van der Waals surface area contributed by atoms with Crippen molar-refractivity contribution < 1.29 is 9.59 Å². The summed E-state index contributed by atoms with van der Waals surface area (Å²) in [7, 11) is 1.67. The maximum Gasteiger partial charge on any atom is 0.233 e. The molecule has 0 bridgehead atoms. The first-order valence-electron chi connectivity index (χ1n) is 11.1. The van der Waals surface area contributed by atoms with Gasteiger partial charge in [0.05, 0.1) is 11.1 Å². The third-order valence-corrected chi connectivity index (χ3v) is 7.04. The molecule has 2 aromatic rings. The van der Waals surface area contributed by atoms with E-state index in [1.165, 1.54) is 6.42 Å². The fraction of sp³-hybridized carbons (Fsp3) is 0.480. The van der Waals surface area contributed by atoms with Crippen LogP contribution in [0, 0.1) is 0 Å². The molecule has 4 rings (SSSR count). The molecule has 2 fully saturated rings. The number of carbonyl (C=O) groups is 2. The van der Waals surface area contributed by atoms with Crippen LogP contribution >= 0.6 is 0 Å². The van der Waals surface area contributed by atoms with Crippen molar-refractivity contribution in [3.05, 3.63) is 66.0 Å². The summed E-state index contributed by atoms with van der Waals surface area (Å²) in [6.45, 7) is 1.08. The largest absolute Gasteiger partial charge is 0.358 e. The lowest BCUT2D eigenvalue weighted by molar-refractivity contribution is -0.143. The molecule has 0 radical (unpaired) electrons. The Labute approximate surface area is 178 Å². The quantitative estimate of drug-likeness (QED) is 0.846. The number of hydrogen-bond acceptors (Lipinski definition) is 3. The second-order valence-electron chi connectivity index (χ2n) is 8.72. The summed E-state index contributed by atoms with van der Waals surface area (Å²) in [6.07, 6.45) is 8.29. The summed E-state index contributed by atoms with van der Waals surface area (Å²) in [4.78, 5) is 33.7. The number of likely N-dealkylation sites (tertiary alicyclic amines) is 1. The van der Waals surface area contributed by atoms with E-state index in [2.05, 4.69) is 22.4 Å². The average molecular weight is 406 g/mol. The maximum absolute atomic E-state index is 14.1. The first-order chi connectivity index (χ1) is 14.6. The summed E-state index contributed by atoms with van der Waals surface area (Å²) < 4.78 is 0. The lowest BCUT2D eigenvalue weighted by Gasteiger charge is -2.46. The van der Waals surface area contributed by atoms with Crippen LogP contribution in [0.1, 0.15) is 56.2 Å². The lowest BCUT2D eigenvalue weighted by Crippen LogP contribution is -2.59. The van der Waals surface area contributed by atoms with Crippen LogP contribution in [0.4, 0.5) is 0 Å². The van der Waals surface area contributed by atoms with Gasteiger partial charge in [0.1, 0.15) is 5.41 Å². The van der Waals surface area contributed by atoms with E-state index in [-0.39, 0.29) is 11.8 Å². The van der Waals surface area contributed by atoms with Gasteiger partial charge in [0.2, 0.25) is 11.8 Å². The number of carbonyl (C=O) groups excluding carboxylic acids is 2. The van der Waals surface area contributed by atoms with E-state index in [1.807, 2.05) is 41.3 Å². The molecule has 1 saturated heterocycles. The number of hydrogen-bond donors (Lipinski definition) is 1. The van der Waals surface area contributed by atoms with E-state index < -0.39 is 10.8 Å². The molecule has 1 aromatic carbocycles. The molecule has 1 atom stereocenters. The molecule has 2 aliphatic rings. The average Bonchev–Trinajstić information content (AvgIpc) is 2.84.